The average molecular weight is 328 g/mol. The van der Waals surface area contributed by atoms with Crippen LogP contribution in [0.15, 0.2) is 57.5 Å². The molecule has 0 aliphatic heterocycles. The number of hydrogen-bond acceptors (Lipinski definition) is 4. The number of hydrogen-bond donors (Lipinski definition) is 0. The summed E-state index contributed by atoms with van der Waals surface area (Å²) >= 11 is 1.62. The number of rotatable bonds is 5. The fourth-order valence-corrected chi connectivity index (χ4v) is 3.29. The van der Waals surface area contributed by atoms with Crippen LogP contribution in [0.5, 0.6) is 5.75 Å². The third-order valence-corrected chi connectivity index (χ3v) is 4.26. The van der Waals surface area contributed by atoms with Crippen molar-refractivity contribution in [1.82, 2.24) is 4.57 Å². The highest BCUT2D eigenvalue weighted by molar-refractivity contribution is 7.07. The van der Waals surface area contributed by atoms with Crippen LogP contribution >= 0.6 is 11.3 Å². The Bertz CT molecular complexity index is 829. The van der Waals surface area contributed by atoms with E-state index in [0.29, 0.717) is 5.92 Å². The molecule has 120 valence electrons. The van der Waals surface area contributed by atoms with E-state index in [2.05, 4.69) is 23.8 Å². The van der Waals surface area contributed by atoms with Crippen molar-refractivity contribution in [2.45, 2.75) is 20.4 Å². The van der Waals surface area contributed by atoms with Gasteiger partial charge in [0.25, 0.3) is 0 Å². The fraction of sp³-hybridized carbons (Fsp3) is 0.278. The molecule has 0 amide bonds. The summed E-state index contributed by atoms with van der Waals surface area (Å²) in [6, 6.07) is 11.7. The zero-order valence-electron chi connectivity index (χ0n) is 13.5. The number of aromatic nitrogens is 1. The van der Waals surface area contributed by atoms with Gasteiger partial charge in [0.05, 0.1) is 24.8 Å². The first-order chi connectivity index (χ1) is 11.2. The lowest BCUT2D eigenvalue weighted by Crippen LogP contribution is -2.18. The minimum atomic E-state index is 0.516. The van der Waals surface area contributed by atoms with Crippen LogP contribution in [-0.2, 0) is 6.54 Å². The van der Waals surface area contributed by atoms with Crippen molar-refractivity contribution >= 4 is 17.0 Å². The summed E-state index contributed by atoms with van der Waals surface area (Å²) in [4.78, 5) is 5.75. The molecule has 5 heteroatoms. The summed E-state index contributed by atoms with van der Waals surface area (Å²) in [6.45, 7) is 5.29. The van der Waals surface area contributed by atoms with Crippen molar-refractivity contribution in [3.05, 3.63) is 52.8 Å². The molecule has 0 aliphatic rings. The van der Waals surface area contributed by atoms with Crippen molar-refractivity contribution < 1.29 is 9.15 Å². The Labute approximate surface area is 139 Å². The molecule has 0 N–H and O–H groups in total. The molecule has 3 rings (SSSR count). The molecule has 0 spiro atoms. The van der Waals surface area contributed by atoms with Crippen molar-refractivity contribution in [2.24, 2.45) is 10.9 Å². The monoisotopic (exact) mass is 328 g/mol. The predicted molar refractivity (Wildman–Crippen MR) is 93.1 cm³/mol. The van der Waals surface area contributed by atoms with Gasteiger partial charge in [-0.1, -0.05) is 19.9 Å². The van der Waals surface area contributed by atoms with Crippen molar-refractivity contribution in [3.8, 4) is 17.2 Å². The number of methoxy groups -OCH3 is 1. The van der Waals surface area contributed by atoms with Crippen LogP contribution in [0.2, 0.25) is 0 Å². The number of thiazole rings is 1. The second kappa shape index (κ2) is 6.87. The number of ether oxygens (including phenoxy) is 1. The largest absolute Gasteiger partial charge is 0.497 e. The van der Waals surface area contributed by atoms with Crippen molar-refractivity contribution in [3.63, 3.8) is 0 Å². The summed E-state index contributed by atoms with van der Waals surface area (Å²) in [5.74, 6) is 2.20. The molecule has 0 saturated carbocycles. The first-order valence-electron chi connectivity index (χ1n) is 7.58. The lowest BCUT2D eigenvalue weighted by molar-refractivity contribution is 0.415. The Morgan fingerprint density at radius 3 is 2.83 bits per heavy atom. The molecule has 0 atom stereocenters. The molecule has 1 aromatic carbocycles. The van der Waals surface area contributed by atoms with Crippen LogP contribution in [0.1, 0.15) is 13.8 Å². The van der Waals surface area contributed by atoms with Crippen LogP contribution in [0.3, 0.4) is 0 Å². The minimum absolute atomic E-state index is 0.516. The van der Waals surface area contributed by atoms with Crippen LogP contribution < -0.4 is 9.54 Å². The van der Waals surface area contributed by atoms with Crippen LogP contribution in [0.25, 0.3) is 11.5 Å². The lowest BCUT2D eigenvalue weighted by Gasteiger charge is -2.10. The number of furan rings is 1. The zero-order chi connectivity index (χ0) is 16.2. The first kappa shape index (κ1) is 15.6. The standard InChI is InChI=1S/C18H20N2O2S/c1-13(2)11-20-16(17-8-5-9-22-17)12-23-18(20)19-14-6-4-7-15(10-14)21-3/h4-10,12-13H,11H2,1-3H3. The molecular formula is C18H20N2O2S. The fourth-order valence-electron chi connectivity index (χ4n) is 2.37. The Morgan fingerprint density at radius 2 is 2.13 bits per heavy atom. The van der Waals surface area contributed by atoms with Crippen LogP contribution in [0.4, 0.5) is 5.69 Å². The van der Waals surface area contributed by atoms with Crippen LogP contribution in [0, 0.1) is 5.92 Å². The molecule has 0 radical (unpaired) electrons. The molecule has 0 aliphatic carbocycles. The minimum Gasteiger partial charge on any atom is -0.497 e. The van der Waals surface area contributed by atoms with E-state index in [-0.39, 0.29) is 0 Å². The maximum Gasteiger partial charge on any atom is 0.190 e. The highest BCUT2D eigenvalue weighted by atomic mass is 32.1. The molecule has 0 fully saturated rings. The summed E-state index contributed by atoms with van der Waals surface area (Å²) < 4.78 is 13.1. The van der Waals surface area contributed by atoms with Gasteiger partial charge in [0.15, 0.2) is 10.6 Å². The number of benzene rings is 1. The van der Waals surface area contributed by atoms with Gasteiger partial charge in [-0.05, 0) is 30.2 Å². The highest BCUT2D eigenvalue weighted by Crippen LogP contribution is 2.23. The van der Waals surface area contributed by atoms with E-state index >= 15 is 0 Å². The van der Waals surface area contributed by atoms with Gasteiger partial charge < -0.3 is 13.7 Å². The molecule has 3 aromatic rings. The summed E-state index contributed by atoms with van der Waals surface area (Å²) in [5.41, 5.74) is 1.95. The maximum atomic E-state index is 5.57. The van der Waals surface area contributed by atoms with E-state index in [9.17, 15) is 0 Å². The third-order valence-electron chi connectivity index (χ3n) is 3.40. The molecule has 0 unspecified atom stereocenters. The van der Waals surface area contributed by atoms with Crippen LogP contribution in [-0.4, -0.2) is 11.7 Å². The van der Waals surface area contributed by atoms with Crippen molar-refractivity contribution in [1.29, 1.82) is 0 Å². The van der Waals surface area contributed by atoms with Gasteiger partial charge >= 0.3 is 0 Å². The van der Waals surface area contributed by atoms with Gasteiger partial charge in [0.2, 0.25) is 0 Å². The SMILES string of the molecule is COc1cccc(N=c2scc(-c3ccco3)n2CC(C)C)c1. The molecule has 0 bridgehead atoms. The number of nitrogens with zero attached hydrogens (tertiary/aromatic N) is 2. The Hall–Kier alpha value is -2.27. The van der Waals surface area contributed by atoms with Gasteiger partial charge in [-0.25, -0.2) is 4.99 Å². The second-order valence-electron chi connectivity index (χ2n) is 5.70. The molecule has 4 nitrogen and oxygen atoms in total. The van der Waals surface area contributed by atoms with E-state index in [1.165, 1.54) is 0 Å². The Morgan fingerprint density at radius 1 is 1.26 bits per heavy atom. The van der Waals surface area contributed by atoms with E-state index in [4.69, 9.17) is 14.1 Å². The predicted octanol–water partition coefficient (Wildman–Crippen LogP) is 4.71. The Kier molecular flexibility index (Phi) is 4.67. The molecular weight excluding hydrogens is 308 g/mol. The average Bonchev–Trinajstić information content (AvgIpc) is 3.18. The summed E-state index contributed by atoms with van der Waals surface area (Å²) in [5, 5.41) is 2.10. The van der Waals surface area contributed by atoms with Gasteiger partial charge in [0, 0.05) is 18.0 Å². The smallest absolute Gasteiger partial charge is 0.190 e. The van der Waals surface area contributed by atoms with Gasteiger partial charge in [0.1, 0.15) is 5.75 Å². The first-order valence-corrected chi connectivity index (χ1v) is 8.46. The summed E-state index contributed by atoms with van der Waals surface area (Å²) in [7, 11) is 1.66. The molecule has 23 heavy (non-hydrogen) atoms. The topological polar surface area (TPSA) is 39.7 Å². The van der Waals surface area contributed by atoms with E-state index in [0.717, 1.165) is 34.2 Å². The molecule has 0 saturated heterocycles. The van der Waals surface area contributed by atoms with Gasteiger partial charge in [-0.15, -0.1) is 11.3 Å². The van der Waals surface area contributed by atoms with Crippen molar-refractivity contribution in [2.75, 3.05) is 7.11 Å². The lowest BCUT2D eigenvalue weighted by atomic mass is 10.2. The maximum absolute atomic E-state index is 5.57. The highest BCUT2D eigenvalue weighted by Gasteiger charge is 2.11. The van der Waals surface area contributed by atoms with E-state index in [1.54, 1.807) is 24.7 Å². The van der Waals surface area contributed by atoms with Gasteiger partial charge in [-0.2, -0.15) is 0 Å². The van der Waals surface area contributed by atoms with E-state index in [1.807, 2.05) is 36.4 Å². The van der Waals surface area contributed by atoms with E-state index < -0.39 is 0 Å². The summed E-state index contributed by atoms with van der Waals surface area (Å²) in [6.07, 6.45) is 1.70. The molecule has 2 aromatic heterocycles. The third kappa shape index (κ3) is 3.56. The molecule has 2 heterocycles. The second-order valence-corrected chi connectivity index (χ2v) is 6.54. The normalized spacial score (nSPS) is 12.1. The quantitative estimate of drug-likeness (QED) is 0.680. The zero-order valence-corrected chi connectivity index (χ0v) is 14.3. The Balaban J connectivity index is 2.09. The van der Waals surface area contributed by atoms with Gasteiger partial charge in [-0.3, -0.25) is 0 Å².